The van der Waals surface area contributed by atoms with E-state index in [1.165, 1.54) is 13.2 Å². The van der Waals surface area contributed by atoms with Gasteiger partial charge in [0.05, 0.1) is 31.7 Å². The number of sulfonamides is 1. The number of amides is 1. The van der Waals surface area contributed by atoms with Crippen LogP contribution in [0.2, 0.25) is 0 Å². The van der Waals surface area contributed by atoms with Crippen molar-refractivity contribution in [2.45, 2.75) is 57.0 Å². The predicted octanol–water partition coefficient (Wildman–Crippen LogP) is 3.40. The summed E-state index contributed by atoms with van der Waals surface area (Å²) in [5.41, 5.74) is 9.55. The van der Waals surface area contributed by atoms with Gasteiger partial charge < -0.3 is 24.7 Å². The molecule has 3 aliphatic rings. The summed E-state index contributed by atoms with van der Waals surface area (Å²) in [4.78, 5) is 24.7. The molecule has 45 heavy (non-hydrogen) atoms. The van der Waals surface area contributed by atoms with Gasteiger partial charge in [-0.2, -0.15) is 13.1 Å². The molecule has 12 nitrogen and oxygen atoms in total. The van der Waals surface area contributed by atoms with E-state index in [-0.39, 0.29) is 35.3 Å². The minimum Gasteiger partial charge on any atom is -0.482 e. The number of pyridine rings is 2. The molecule has 1 aliphatic carbocycles. The van der Waals surface area contributed by atoms with Crippen molar-refractivity contribution in [1.82, 2.24) is 23.8 Å². The number of halogens is 2. The van der Waals surface area contributed by atoms with Gasteiger partial charge in [-0.3, -0.25) is 9.20 Å². The number of nitrogens with zero attached hydrogens (tertiary/aromatic N) is 6. The first-order valence-electron chi connectivity index (χ1n) is 15.1. The number of hydrogen-bond donors (Lipinski definition) is 1. The van der Waals surface area contributed by atoms with Crippen molar-refractivity contribution in [3.63, 3.8) is 0 Å². The third-order valence-electron chi connectivity index (χ3n) is 8.93. The Morgan fingerprint density at radius 3 is 2.60 bits per heavy atom. The zero-order valence-corrected chi connectivity index (χ0v) is 25.8. The van der Waals surface area contributed by atoms with Crippen LogP contribution in [-0.2, 0) is 21.3 Å². The number of hydrogen-bond acceptors (Lipinski definition) is 8. The maximum atomic E-state index is 14.3. The second-order valence-electron chi connectivity index (χ2n) is 12.1. The van der Waals surface area contributed by atoms with Crippen LogP contribution in [0.4, 0.5) is 14.6 Å². The molecule has 7 rings (SSSR count). The molecule has 2 N–H and O–H groups in total. The Kier molecular flexibility index (Phi) is 7.44. The Bertz CT molecular complexity index is 1900. The minimum atomic E-state index is -4.39. The van der Waals surface area contributed by atoms with E-state index in [0.717, 1.165) is 31.4 Å². The first-order chi connectivity index (χ1) is 21.6. The number of nitrogens with two attached hydrogens (primary N) is 1. The Labute approximate surface area is 258 Å². The van der Waals surface area contributed by atoms with Gasteiger partial charge in [-0.15, -0.1) is 0 Å². The third-order valence-corrected chi connectivity index (χ3v) is 10.9. The van der Waals surface area contributed by atoms with Gasteiger partial charge in [0, 0.05) is 42.7 Å². The third kappa shape index (κ3) is 5.20. The minimum absolute atomic E-state index is 0.0591. The number of methoxy groups -OCH3 is 1. The molecule has 4 aromatic heterocycles. The van der Waals surface area contributed by atoms with Crippen LogP contribution >= 0.6 is 0 Å². The number of piperidine rings is 1. The van der Waals surface area contributed by atoms with Gasteiger partial charge in [0.15, 0.2) is 5.88 Å². The fourth-order valence-corrected chi connectivity index (χ4v) is 7.68. The molecule has 1 saturated carbocycles. The van der Waals surface area contributed by atoms with E-state index >= 15 is 0 Å². The molecule has 0 unspecified atom stereocenters. The number of carbonyl (C=O) groups excluding carboxylic acids is 1. The summed E-state index contributed by atoms with van der Waals surface area (Å²) in [6, 6.07) is 8.18. The molecular weight excluding hydrogens is 608 g/mol. The van der Waals surface area contributed by atoms with Crippen molar-refractivity contribution < 1.29 is 31.5 Å². The monoisotopic (exact) mass is 643 g/mol. The van der Waals surface area contributed by atoms with Gasteiger partial charge in [0.2, 0.25) is 10.0 Å². The first-order valence-corrected chi connectivity index (χ1v) is 16.6. The summed E-state index contributed by atoms with van der Waals surface area (Å²) in [6.07, 6.45) is 3.76. The van der Waals surface area contributed by atoms with Crippen LogP contribution in [0.25, 0.3) is 28.1 Å². The maximum Gasteiger partial charge on any atom is 0.329 e. The molecule has 15 heteroatoms. The number of imidazole rings is 1. The summed E-state index contributed by atoms with van der Waals surface area (Å²) in [5, 5.41) is -0.384. The SMILES string of the molecule is COc1cc(C(=O)N2CCC[C@@H](N)C2)cc2nc(-c3cc4ccc(N(C(F)F)S(=O)(=O)C5COC5)nc4n3CC3CC3)c(C)n12. The van der Waals surface area contributed by atoms with E-state index in [9.17, 15) is 22.0 Å². The maximum absolute atomic E-state index is 14.3. The Balaban J connectivity index is 1.34. The van der Waals surface area contributed by atoms with Crippen LogP contribution in [0.1, 0.15) is 41.7 Å². The van der Waals surface area contributed by atoms with E-state index in [4.69, 9.17) is 20.2 Å². The molecule has 3 fully saturated rings. The summed E-state index contributed by atoms with van der Waals surface area (Å²) in [6.45, 7) is 0.00585. The lowest BCUT2D eigenvalue weighted by molar-refractivity contribution is 0.0405. The van der Waals surface area contributed by atoms with Crippen LogP contribution in [0.15, 0.2) is 30.3 Å². The fourth-order valence-electron chi connectivity index (χ4n) is 6.24. The highest BCUT2D eigenvalue weighted by Gasteiger charge is 2.42. The normalized spacial score (nSPS) is 19.4. The highest BCUT2D eigenvalue weighted by Crippen LogP contribution is 2.38. The Hall–Kier alpha value is -3.82. The summed E-state index contributed by atoms with van der Waals surface area (Å²) in [7, 11) is -2.85. The van der Waals surface area contributed by atoms with Gasteiger partial charge in [-0.05, 0) is 62.8 Å². The van der Waals surface area contributed by atoms with Crippen molar-refractivity contribution in [3.8, 4) is 17.3 Å². The second-order valence-corrected chi connectivity index (χ2v) is 14.2. The number of likely N-dealkylation sites (tertiary alicyclic amines) is 1. The topological polar surface area (TPSA) is 137 Å². The largest absolute Gasteiger partial charge is 0.482 e. The summed E-state index contributed by atoms with van der Waals surface area (Å²) in [5.74, 6) is 0.329. The number of aryl methyl sites for hydroxylation is 1. The quantitative estimate of drug-likeness (QED) is 0.274. The van der Waals surface area contributed by atoms with Gasteiger partial charge >= 0.3 is 6.55 Å². The van der Waals surface area contributed by atoms with Crippen molar-refractivity contribution >= 4 is 38.4 Å². The first kappa shape index (κ1) is 29.9. The predicted molar refractivity (Wildman–Crippen MR) is 163 cm³/mol. The van der Waals surface area contributed by atoms with Gasteiger partial charge in [0.25, 0.3) is 5.91 Å². The van der Waals surface area contributed by atoms with Crippen LogP contribution in [-0.4, -0.2) is 89.4 Å². The van der Waals surface area contributed by atoms with E-state index in [1.807, 2.05) is 22.0 Å². The second kappa shape index (κ2) is 11.2. The van der Waals surface area contributed by atoms with E-state index in [0.29, 0.717) is 65.1 Å². The Morgan fingerprint density at radius 2 is 1.96 bits per heavy atom. The molecule has 0 radical (unpaired) electrons. The molecule has 0 aromatic carbocycles. The van der Waals surface area contributed by atoms with Crippen molar-refractivity contribution in [2.75, 3.05) is 37.7 Å². The number of carbonyl (C=O) groups is 1. The zero-order valence-electron chi connectivity index (χ0n) is 25.0. The number of anilines is 1. The lowest BCUT2D eigenvalue weighted by atomic mass is 10.1. The molecule has 0 spiro atoms. The summed E-state index contributed by atoms with van der Waals surface area (Å²) >= 11 is 0. The molecule has 240 valence electrons. The summed E-state index contributed by atoms with van der Waals surface area (Å²) < 4.78 is 69.2. The van der Waals surface area contributed by atoms with E-state index < -0.39 is 21.8 Å². The molecular formula is C30H35F2N7O5S. The molecule has 2 aliphatic heterocycles. The number of alkyl halides is 2. The fraction of sp³-hybridized carbons (Fsp3) is 0.500. The van der Waals surface area contributed by atoms with Crippen molar-refractivity contribution in [3.05, 3.63) is 41.6 Å². The number of ether oxygens (including phenoxy) is 2. The lowest BCUT2D eigenvalue weighted by Crippen LogP contribution is -2.50. The van der Waals surface area contributed by atoms with Crippen LogP contribution < -0.4 is 14.8 Å². The highest BCUT2D eigenvalue weighted by atomic mass is 32.2. The van der Waals surface area contributed by atoms with Gasteiger partial charge in [0.1, 0.15) is 28.1 Å². The molecule has 2 saturated heterocycles. The van der Waals surface area contributed by atoms with Gasteiger partial charge in [-0.25, -0.2) is 18.4 Å². The number of rotatable bonds is 9. The van der Waals surface area contributed by atoms with Crippen LogP contribution in [0, 0.1) is 12.8 Å². The van der Waals surface area contributed by atoms with Gasteiger partial charge in [-0.1, -0.05) is 0 Å². The van der Waals surface area contributed by atoms with Crippen LogP contribution in [0.5, 0.6) is 5.88 Å². The average molecular weight is 644 g/mol. The number of aromatic nitrogens is 4. The van der Waals surface area contributed by atoms with Crippen molar-refractivity contribution in [1.29, 1.82) is 0 Å². The van der Waals surface area contributed by atoms with E-state index in [2.05, 4.69) is 4.98 Å². The molecule has 4 aromatic rings. The standard InChI is InChI=1S/C30H35F2N7O5S/c1-17-27(34-25-11-20(12-26(43-2)38(17)25)29(40)36-9-3-4-21(33)14-36)23-10-19-7-8-24(35-28(19)37(23)13-18-5-6-18)39(30(31)32)45(41,42)22-15-44-16-22/h7-8,10-12,18,21-22,30H,3-6,9,13-16,33H2,1-2H3/t21-/m1/s1. The average Bonchev–Trinajstić information content (AvgIpc) is 3.64. The highest BCUT2D eigenvalue weighted by molar-refractivity contribution is 7.93. The van der Waals surface area contributed by atoms with Crippen LogP contribution in [0.3, 0.4) is 0 Å². The Morgan fingerprint density at radius 1 is 1.18 bits per heavy atom. The smallest absolute Gasteiger partial charge is 0.329 e. The molecule has 1 atom stereocenters. The zero-order chi connectivity index (χ0) is 31.6. The van der Waals surface area contributed by atoms with Crippen molar-refractivity contribution in [2.24, 2.45) is 11.7 Å². The lowest BCUT2D eigenvalue weighted by Gasteiger charge is -2.32. The molecule has 1 amide bonds. The molecule has 0 bridgehead atoms. The number of fused-ring (bicyclic) bond motifs is 2. The van der Waals surface area contributed by atoms with E-state index in [1.54, 1.807) is 23.1 Å². The molecule has 6 heterocycles.